The molecule has 1 aliphatic heterocycles. The minimum absolute atomic E-state index is 0.0690. The summed E-state index contributed by atoms with van der Waals surface area (Å²) in [5.41, 5.74) is 6.06. The molecule has 2 N–H and O–H groups in total. The van der Waals surface area contributed by atoms with Crippen LogP contribution in [0.25, 0.3) is 0 Å². The van der Waals surface area contributed by atoms with Gasteiger partial charge in [-0.1, -0.05) is 6.07 Å². The number of carbonyl (C=O) groups excluding carboxylic acids is 2. The van der Waals surface area contributed by atoms with E-state index in [1.54, 1.807) is 13.1 Å². The van der Waals surface area contributed by atoms with Crippen LogP contribution in [0.15, 0.2) is 18.2 Å². The Bertz CT molecular complexity index is 504. The highest BCUT2D eigenvalue weighted by Crippen LogP contribution is 2.15. The first-order chi connectivity index (χ1) is 8.49. The topological polar surface area (TPSA) is 66.6 Å². The summed E-state index contributed by atoms with van der Waals surface area (Å²) in [6.07, 6.45) is 0. The Morgan fingerprint density at radius 2 is 2.00 bits per heavy atom. The van der Waals surface area contributed by atoms with Crippen LogP contribution in [0, 0.1) is 5.82 Å². The number of hydrogen-bond donors (Lipinski definition) is 1. The van der Waals surface area contributed by atoms with Gasteiger partial charge < -0.3 is 15.5 Å². The molecule has 96 valence electrons. The van der Waals surface area contributed by atoms with Crippen LogP contribution in [0.2, 0.25) is 0 Å². The maximum Gasteiger partial charge on any atom is 0.312 e. The fourth-order valence-corrected chi connectivity index (χ4v) is 1.81. The number of anilines is 1. The van der Waals surface area contributed by atoms with Crippen molar-refractivity contribution in [2.75, 3.05) is 25.9 Å². The summed E-state index contributed by atoms with van der Waals surface area (Å²) >= 11 is 0. The molecule has 0 bridgehead atoms. The second-order valence-electron chi connectivity index (χ2n) is 4.31. The van der Waals surface area contributed by atoms with Crippen molar-refractivity contribution in [2.45, 2.75) is 6.54 Å². The van der Waals surface area contributed by atoms with E-state index in [0.29, 0.717) is 18.7 Å². The largest absolute Gasteiger partial charge is 0.396 e. The third-order valence-electron chi connectivity index (χ3n) is 2.96. The number of halogens is 1. The Morgan fingerprint density at radius 1 is 1.28 bits per heavy atom. The molecule has 1 heterocycles. The van der Waals surface area contributed by atoms with Gasteiger partial charge in [-0.05, 0) is 17.7 Å². The van der Waals surface area contributed by atoms with Crippen LogP contribution in [0.5, 0.6) is 0 Å². The van der Waals surface area contributed by atoms with E-state index in [1.165, 1.54) is 21.9 Å². The van der Waals surface area contributed by atoms with Gasteiger partial charge in [0.1, 0.15) is 5.82 Å². The zero-order valence-electron chi connectivity index (χ0n) is 10.0. The van der Waals surface area contributed by atoms with Gasteiger partial charge in [-0.15, -0.1) is 0 Å². The molecule has 0 aromatic heterocycles. The number of hydrogen-bond acceptors (Lipinski definition) is 3. The molecule has 0 radical (unpaired) electrons. The molecule has 1 saturated heterocycles. The van der Waals surface area contributed by atoms with Crippen molar-refractivity contribution in [1.29, 1.82) is 0 Å². The molecule has 0 atom stereocenters. The van der Waals surface area contributed by atoms with E-state index in [1.807, 2.05) is 0 Å². The van der Waals surface area contributed by atoms with Gasteiger partial charge >= 0.3 is 11.8 Å². The highest BCUT2D eigenvalue weighted by molar-refractivity contribution is 6.35. The summed E-state index contributed by atoms with van der Waals surface area (Å²) < 4.78 is 13.3. The van der Waals surface area contributed by atoms with Gasteiger partial charge in [0, 0.05) is 26.7 Å². The lowest BCUT2D eigenvalue weighted by atomic mass is 10.1. The Hall–Kier alpha value is -2.11. The first-order valence-corrected chi connectivity index (χ1v) is 5.57. The summed E-state index contributed by atoms with van der Waals surface area (Å²) in [6.45, 7) is 1.16. The average Bonchev–Trinajstić information content (AvgIpc) is 2.34. The lowest BCUT2D eigenvalue weighted by Gasteiger charge is -2.31. The minimum Gasteiger partial charge on any atom is -0.396 e. The van der Waals surface area contributed by atoms with Crippen molar-refractivity contribution < 1.29 is 14.0 Å². The first-order valence-electron chi connectivity index (χ1n) is 5.57. The van der Waals surface area contributed by atoms with E-state index < -0.39 is 17.6 Å². The number of piperazine rings is 1. The van der Waals surface area contributed by atoms with Crippen molar-refractivity contribution in [3.05, 3.63) is 29.6 Å². The molecule has 1 aromatic rings. The van der Waals surface area contributed by atoms with Gasteiger partial charge in [0.2, 0.25) is 0 Å². The van der Waals surface area contributed by atoms with Crippen LogP contribution in [-0.2, 0) is 16.1 Å². The van der Waals surface area contributed by atoms with Crippen LogP contribution >= 0.6 is 0 Å². The number of likely N-dealkylation sites (N-methyl/N-ethyl adjacent to an activating group) is 1. The van der Waals surface area contributed by atoms with Gasteiger partial charge in [-0.3, -0.25) is 9.59 Å². The third kappa shape index (κ3) is 2.27. The van der Waals surface area contributed by atoms with Gasteiger partial charge in [0.05, 0.1) is 5.69 Å². The number of benzene rings is 1. The molecule has 2 rings (SSSR count). The molecule has 1 aromatic carbocycles. The normalized spacial score (nSPS) is 16.3. The van der Waals surface area contributed by atoms with E-state index >= 15 is 0 Å². The smallest absolute Gasteiger partial charge is 0.312 e. The fraction of sp³-hybridized carbons (Fsp3) is 0.333. The Balaban J connectivity index is 2.12. The molecule has 6 heteroatoms. The number of nitrogens with two attached hydrogens (primary N) is 1. The molecular weight excluding hydrogens is 237 g/mol. The van der Waals surface area contributed by atoms with Crippen LogP contribution in [-0.4, -0.2) is 41.8 Å². The lowest BCUT2D eigenvalue weighted by molar-refractivity contribution is -0.155. The van der Waals surface area contributed by atoms with Crippen molar-refractivity contribution in [3.63, 3.8) is 0 Å². The van der Waals surface area contributed by atoms with E-state index in [2.05, 4.69) is 0 Å². The predicted octanol–water partition coefficient (Wildman–Crippen LogP) is 0.209. The average molecular weight is 251 g/mol. The second kappa shape index (κ2) is 4.64. The lowest BCUT2D eigenvalue weighted by Crippen LogP contribution is -2.52. The number of nitrogen functional groups attached to an aromatic ring is 1. The maximum atomic E-state index is 13.3. The van der Waals surface area contributed by atoms with Crippen molar-refractivity contribution in [3.8, 4) is 0 Å². The first kappa shape index (κ1) is 12.3. The summed E-state index contributed by atoms with van der Waals surface area (Å²) in [6, 6.07) is 4.38. The SMILES string of the molecule is CN1CCN(Cc2ccc(N)c(F)c2)C(=O)C1=O. The van der Waals surface area contributed by atoms with E-state index in [-0.39, 0.29) is 12.2 Å². The highest BCUT2D eigenvalue weighted by atomic mass is 19.1. The van der Waals surface area contributed by atoms with Crippen molar-refractivity contribution in [2.24, 2.45) is 0 Å². The summed E-state index contributed by atoms with van der Waals surface area (Å²) in [5, 5.41) is 0. The Morgan fingerprint density at radius 3 is 2.67 bits per heavy atom. The molecule has 1 aliphatic rings. The zero-order valence-corrected chi connectivity index (χ0v) is 10.0. The third-order valence-corrected chi connectivity index (χ3v) is 2.96. The van der Waals surface area contributed by atoms with Gasteiger partial charge in [0.25, 0.3) is 0 Å². The number of rotatable bonds is 2. The van der Waals surface area contributed by atoms with Crippen LogP contribution < -0.4 is 5.73 Å². The van der Waals surface area contributed by atoms with E-state index in [4.69, 9.17) is 5.73 Å². The number of nitrogens with zero attached hydrogens (tertiary/aromatic N) is 2. The molecule has 0 saturated carbocycles. The van der Waals surface area contributed by atoms with Crippen LogP contribution in [0.1, 0.15) is 5.56 Å². The Labute approximate surface area is 104 Å². The minimum atomic E-state index is -0.555. The second-order valence-corrected chi connectivity index (χ2v) is 4.31. The quantitative estimate of drug-likeness (QED) is 0.603. The highest BCUT2D eigenvalue weighted by Gasteiger charge is 2.30. The van der Waals surface area contributed by atoms with Gasteiger partial charge in [-0.25, -0.2) is 4.39 Å². The van der Waals surface area contributed by atoms with Crippen molar-refractivity contribution >= 4 is 17.5 Å². The molecule has 5 nitrogen and oxygen atoms in total. The zero-order chi connectivity index (χ0) is 13.3. The molecule has 0 unspecified atom stereocenters. The van der Waals surface area contributed by atoms with Gasteiger partial charge in [-0.2, -0.15) is 0 Å². The molecule has 2 amide bonds. The fourth-order valence-electron chi connectivity index (χ4n) is 1.81. The molecule has 0 spiro atoms. The molecule has 18 heavy (non-hydrogen) atoms. The molecular formula is C12H14FN3O2. The van der Waals surface area contributed by atoms with Gasteiger partial charge in [0.15, 0.2) is 0 Å². The maximum absolute atomic E-state index is 13.3. The Kier molecular flexibility index (Phi) is 3.18. The standard InChI is InChI=1S/C12H14FN3O2/c1-15-4-5-16(12(18)11(15)17)7-8-2-3-10(14)9(13)6-8/h2-3,6H,4-5,7,14H2,1H3. The number of carbonyl (C=O) groups is 2. The van der Waals surface area contributed by atoms with Crippen LogP contribution in [0.4, 0.5) is 10.1 Å². The summed E-state index contributed by atoms with van der Waals surface area (Å²) in [7, 11) is 1.58. The molecule has 0 aliphatic carbocycles. The summed E-state index contributed by atoms with van der Waals surface area (Å²) in [5.74, 6) is -1.60. The van der Waals surface area contributed by atoms with Crippen LogP contribution in [0.3, 0.4) is 0 Å². The number of amides is 2. The van der Waals surface area contributed by atoms with Crippen molar-refractivity contribution in [1.82, 2.24) is 9.80 Å². The monoisotopic (exact) mass is 251 g/mol. The molecule has 1 fully saturated rings. The van der Waals surface area contributed by atoms with E-state index in [0.717, 1.165) is 0 Å². The van der Waals surface area contributed by atoms with E-state index in [9.17, 15) is 14.0 Å². The summed E-state index contributed by atoms with van der Waals surface area (Å²) in [4.78, 5) is 26.0. The predicted molar refractivity (Wildman–Crippen MR) is 63.9 cm³/mol.